The predicted molar refractivity (Wildman–Crippen MR) is 70.1 cm³/mol. The molecule has 0 spiro atoms. The van der Waals surface area contributed by atoms with Crippen LogP contribution in [0.3, 0.4) is 0 Å². The topological polar surface area (TPSA) is 101 Å². The zero-order valence-corrected chi connectivity index (χ0v) is 12.4. The summed E-state index contributed by atoms with van der Waals surface area (Å²) < 4.78 is 5.13. The molecule has 6 heteroatoms. The van der Waals surface area contributed by atoms with Crippen LogP contribution < -0.4 is 0 Å². The van der Waals surface area contributed by atoms with Gasteiger partial charge in [0.25, 0.3) is 0 Å². The molecule has 1 saturated heterocycles. The van der Waals surface area contributed by atoms with E-state index in [2.05, 4.69) is 0 Å². The third-order valence-electron chi connectivity index (χ3n) is 6.43. The first kappa shape index (κ1) is 14.7. The van der Waals surface area contributed by atoms with Gasteiger partial charge in [0.2, 0.25) is 0 Å². The second-order valence-corrected chi connectivity index (χ2v) is 7.24. The molecular formula is C15H20O6. The third-order valence-corrected chi connectivity index (χ3v) is 6.43. The summed E-state index contributed by atoms with van der Waals surface area (Å²) in [6.07, 6.45) is -0.259. The Kier molecular flexibility index (Phi) is 2.60. The standard InChI is InChI=1S/C15H20O6/c1-8-4-9(16)15(20)12(2)7-21-11(18)6-14(8,15)5-10(17)13(12,3)19/h8,19-20H,4-7H2,1-3H3/t8-,12+,13+,14+,15+/m1/s1. The Morgan fingerprint density at radius 1 is 1.10 bits per heavy atom. The minimum atomic E-state index is -1.93. The van der Waals surface area contributed by atoms with Crippen LogP contribution in [0.4, 0.5) is 0 Å². The number of hydrogen-bond acceptors (Lipinski definition) is 6. The molecule has 3 aliphatic rings. The van der Waals surface area contributed by atoms with Gasteiger partial charge in [-0.15, -0.1) is 0 Å². The largest absolute Gasteiger partial charge is 0.465 e. The van der Waals surface area contributed by atoms with Crippen LogP contribution in [0.2, 0.25) is 0 Å². The Labute approximate surface area is 122 Å². The molecule has 0 aromatic rings. The van der Waals surface area contributed by atoms with Crippen molar-refractivity contribution in [1.82, 2.24) is 0 Å². The lowest BCUT2D eigenvalue weighted by atomic mass is 9.46. The molecule has 1 aliphatic heterocycles. The molecule has 0 amide bonds. The van der Waals surface area contributed by atoms with Gasteiger partial charge in [0.05, 0.1) is 11.8 Å². The number of carbonyl (C=O) groups excluding carboxylic acids is 3. The molecule has 6 nitrogen and oxygen atoms in total. The van der Waals surface area contributed by atoms with Crippen molar-refractivity contribution in [3.8, 4) is 0 Å². The highest BCUT2D eigenvalue weighted by Crippen LogP contribution is 2.67. The van der Waals surface area contributed by atoms with Crippen molar-refractivity contribution in [2.24, 2.45) is 16.7 Å². The van der Waals surface area contributed by atoms with Crippen molar-refractivity contribution < 1.29 is 29.3 Å². The van der Waals surface area contributed by atoms with Crippen LogP contribution in [0.25, 0.3) is 0 Å². The molecular weight excluding hydrogens is 276 g/mol. The Hall–Kier alpha value is -1.27. The first-order chi connectivity index (χ1) is 9.53. The normalized spacial score (nSPS) is 53.2. The first-order valence-corrected chi connectivity index (χ1v) is 7.20. The van der Waals surface area contributed by atoms with E-state index in [1.165, 1.54) is 13.8 Å². The summed E-state index contributed by atoms with van der Waals surface area (Å²) in [5.74, 6) is -1.72. The number of aliphatic hydroxyl groups is 2. The predicted octanol–water partition coefficient (Wildman–Crippen LogP) is -0.0102. The Morgan fingerprint density at radius 2 is 1.71 bits per heavy atom. The quantitative estimate of drug-likeness (QED) is 0.610. The van der Waals surface area contributed by atoms with Crippen LogP contribution in [0.15, 0.2) is 0 Å². The summed E-state index contributed by atoms with van der Waals surface area (Å²) in [4.78, 5) is 37.0. The van der Waals surface area contributed by atoms with Gasteiger partial charge >= 0.3 is 5.97 Å². The van der Waals surface area contributed by atoms with Gasteiger partial charge in [0.15, 0.2) is 11.6 Å². The molecule has 0 unspecified atom stereocenters. The number of hydrogen-bond donors (Lipinski definition) is 2. The second-order valence-electron chi connectivity index (χ2n) is 7.24. The van der Waals surface area contributed by atoms with Crippen molar-refractivity contribution in [1.29, 1.82) is 0 Å². The molecule has 2 aliphatic carbocycles. The molecule has 0 aromatic heterocycles. The Bertz CT molecular complexity index is 567. The molecule has 2 saturated carbocycles. The van der Waals surface area contributed by atoms with Crippen LogP contribution in [0.1, 0.15) is 40.0 Å². The van der Waals surface area contributed by atoms with Crippen LogP contribution in [-0.4, -0.2) is 45.6 Å². The lowest BCUT2D eigenvalue weighted by Crippen LogP contribution is -2.75. The number of ether oxygens (including phenoxy) is 1. The van der Waals surface area contributed by atoms with Gasteiger partial charge in [-0.3, -0.25) is 14.4 Å². The van der Waals surface area contributed by atoms with E-state index in [0.717, 1.165) is 0 Å². The van der Waals surface area contributed by atoms with Crippen LogP contribution in [0.5, 0.6) is 0 Å². The minimum absolute atomic E-state index is 0.0999. The number of ketones is 2. The molecule has 0 radical (unpaired) electrons. The van der Waals surface area contributed by atoms with E-state index in [0.29, 0.717) is 0 Å². The number of carbonyl (C=O) groups is 3. The fourth-order valence-corrected chi connectivity index (χ4v) is 4.68. The van der Waals surface area contributed by atoms with Gasteiger partial charge in [-0.2, -0.15) is 0 Å². The van der Waals surface area contributed by atoms with Gasteiger partial charge in [-0.1, -0.05) is 6.92 Å². The molecule has 2 N–H and O–H groups in total. The number of cyclic esters (lactones) is 1. The Morgan fingerprint density at radius 3 is 2.33 bits per heavy atom. The summed E-state index contributed by atoms with van der Waals surface area (Å²) in [5, 5.41) is 22.0. The molecule has 3 fully saturated rings. The number of rotatable bonds is 0. The van der Waals surface area contributed by atoms with Crippen LogP contribution >= 0.6 is 0 Å². The second kappa shape index (κ2) is 3.73. The highest BCUT2D eigenvalue weighted by Gasteiger charge is 2.80. The molecule has 21 heavy (non-hydrogen) atoms. The van der Waals surface area contributed by atoms with Gasteiger partial charge in [-0.25, -0.2) is 0 Å². The molecule has 3 rings (SSSR count). The lowest BCUT2D eigenvalue weighted by molar-refractivity contribution is -0.242. The third kappa shape index (κ3) is 1.29. The summed E-state index contributed by atoms with van der Waals surface area (Å²) >= 11 is 0. The molecule has 116 valence electrons. The van der Waals surface area contributed by atoms with E-state index < -0.39 is 39.6 Å². The highest BCUT2D eigenvalue weighted by atomic mass is 16.5. The molecule has 0 aromatic carbocycles. The van der Waals surface area contributed by atoms with E-state index in [1.54, 1.807) is 6.92 Å². The maximum absolute atomic E-state index is 12.6. The fraction of sp³-hybridized carbons (Fsp3) is 0.800. The van der Waals surface area contributed by atoms with E-state index in [4.69, 9.17) is 4.74 Å². The zero-order chi connectivity index (χ0) is 15.8. The number of esters is 1. The van der Waals surface area contributed by atoms with Gasteiger partial charge in [0.1, 0.15) is 17.8 Å². The molecule has 5 atom stereocenters. The van der Waals surface area contributed by atoms with E-state index >= 15 is 0 Å². The first-order valence-electron chi connectivity index (χ1n) is 7.20. The van der Waals surface area contributed by atoms with Gasteiger partial charge in [0, 0.05) is 18.3 Å². The maximum atomic E-state index is 12.6. The van der Waals surface area contributed by atoms with Crippen molar-refractivity contribution >= 4 is 17.5 Å². The van der Waals surface area contributed by atoms with Gasteiger partial charge < -0.3 is 14.9 Å². The monoisotopic (exact) mass is 296 g/mol. The van der Waals surface area contributed by atoms with Crippen molar-refractivity contribution in [2.75, 3.05) is 6.61 Å². The lowest BCUT2D eigenvalue weighted by Gasteiger charge is -2.59. The van der Waals surface area contributed by atoms with Crippen molar-refractivity contribution in [3.05, 3.63) is 0 Å². The van der Waals surface area contributed by atoms with Gasteiger partial charge in [-0.05, 0) is 19.8 Å². The van der Waals surface area contributed by atoms with Crippen molar-refractivity contribution in [2.45, 2.75) is 51.2 Å². The summed E-state index contributed by atoms with van der Waals surface area (Å²) in [6, 6.07) is 0. The zero-order valence-electron chi connectivity index (χ0n) is 12.4. The van der Waals surface area contributed by atoms with Crippen LogP contribution in [-0.2, 0) is 19.1 Å². The summed E-state index contributed by atoms with van der Waals surface area (Å²) in [5.41, 5.74) is -6.56. The van der Waals surface area contributed by atoms with Crippen LogP contribution in [0, 0.1) is 16.7 Å². The fourth-order valence-electron chi connectivity index (χ4n) is 4.68. The molecule has 2 bridgehead atoms. The summed E-state index contributed by atoms with van der Waals surface area (Å²) in [6.45, 7) is 4.18. The smallest absolute Gasteiger partial charge is 0.306 e. The number of Topliss-reactive ketones (excluding diaryl/α,β-unsaturated/α-hetero) is 2. The molecule has 1 heterocycles. The van der Waals surface area contributed by atoms with E-state index in [-0.39, 0.29) is 31.8 Å². The van der Waals surface area contributed by atoms with E-state index in [9.17, 15) is 24.6 Å². The van der Waals surface area contributed by atoms with E-state index in [1.807, 2.05) is 0 Å². The van der Waals surface area contributed by atoms with Crippen molar-refractivity contribution in [3.63, 3.8) is 0 Å². The minimum Gasteiger partial charge on any atom is -0.465 e. The maximum Gasteiger partial charge on any atom is 0.306 e. The average Bonchev–Trinajstić information content (AvgIpc) is 2.52. The SMILES string of the molecule is C[C@@H]1CC(=O)[C@@]2(O)[C@@]13CC(=O)OC[C@@]2(C)[C@@](C)(O)C(=O)C3. The Balaban J connectivity index is 2.35. The average molecular weight is 296 g/mol. The summed E-state index contributed by atoms with van der Waals surface area (Å²) in [7, 11) is 0. The highest BCUT2D eigenvalue weighted by molar-refractivity contribution is 6.01.